The molecule has 38 heavy (non-hydrogen) atoms. The predicted molar refractivity (Wildman–Crippen MR) is 150 cm³/mol. The van der Waals surface area contributed by atoms with E-state index in [9.17, 15) is 4.79 Å². The van der Waals surface area contributed by atoms with Crippen LogP contribution in [0, 0.1) is 0 Å². The van der Waals surface area contributed by atoms with Crippen molar-refractivity contribution in [3.05, 3.63) is 53.2 Å². The van der Waals surface area contributed by atoms with Gasteiger partial charge in [0.15, 0.2) is 0 Å². The third-order valence-electron chi connectivity index (χ3n) is 8.36. The summed E-state index contributed by atoms with van der Waals surface area (Å²) in [5, 5.41) is 0.983. The molecule has 2 atom stereocenters. The van der Waals surface area contributed by atoms with Gasteiger partial charge in [0.2, 0.25) is 5.88 Å². The van der Waals surface area contributed by atoms with Crippen LogP contribution in [0.4, 0.5) is 0 Å². The molecule has 0 unspecified atom stereocenters. The summed E-state index contributed by atoms with van der Waals surface area (Å²) in [6.07, 6.45) is 11.6. The van der Waals surface area contributed by atoms with Gasteiger partial charge in [0, 0.05) is 50.0 Å². The standard InChI is InChI=1S/C30H37N5O3/c1-33-27-20-31-26-11-7-21(17-25(26)29(27)35(30(33)36)23-9-10-24(18-23)37-2)22-8-12-28(32-19-22)38-16-6-15-34-13-4-3-5-14-34/h7-8,11-12,17,19-20,23-24H,3-6,9-10,13-16,18H2,1-2H3/t23-,24-/m0/s1. The van der Waals surface area contributed by atoms with E-state index in [2.05, 4.69) is 33.1 Å². The van der Waals surface area contributed by atoms with E-state index in [1.807, 2.05) is 36.1 Å². The average molecular weight is 516 g/mol. The molecule has 1 saturated heterocycles. The van der Waals surface area contributed by atoms with Gasteiger partial charge in [-0.1, -0.05) is 12.5 Å². The summed E-state index contributed by atoms with van der Waals surface area (Å²) in [5.74, 6) is 0.656. The summed E-state index contributed by atoms with van der Waals surface area (Å²) in [7, 11) is 3.58. The topological polar surface area (TPSA) is 74.4 Å². The van der Waals surface area contributed by atoms with Gasteiger partial charge >= 0.3 is 5.69 Å². The van der Waals surface area contributed by atoms with E-state index in [-0.39, 0.29) is 17.8 Å². The quantitative estimate of drug-likeness (QED) is 0.309. The predicted octanol–water partition coefficient (Wildman–Crippen LogP) is 4.95. The summed E-state index contributed by atoms with van der Waals surface area (Å²) in [5.41, 5.74) is 4.74. The fourth-order valence-electron chi connectivity index (χ4n) is 6.20. The Kier molecular flexibility index (Phi) is 7.17. The normalized spacial score (nSPS) is 20.5. The van der Waals surface area contributed by atoms with Crippen molar-refractivity contribution in [2.45, 2.75) is 57.1 Å². The lowest BCUT2D eigenvalue weighted by molar-refractivity contribution is 0.106. The molecule has 6 rings (SSSR count). The lowest BCUT2D eigenvalue weighted by atomic mass is 10.0. The number of ether oxygens (including phenoxy) is 2. The first-order chi connectivity index (χ1) is 18.6. The van der Waals surface area contributed by atoms with E-state index in [1.165, 1.54) is 32.4 Å². The average Bonchev–Trinajstić information content (AvgIpc) is 3.54. The molecule has 4 heterocycles. The van der Waals surface area contributed by atoms with Crippen LogP contribution in [0.5, 0.6) is 5.88 Å². The summed E-state index contributed by atoms with van der Waals surface area (Å²) < 4.78 is 15.2. The van der Waals surface area contributed by atoms with Crippen molar-refractivity contribution >= 4 is 21.9 Å². The number of pyridine rings is 2. The zero-order valence-electron chi connectivity index (χ0n) is 22.4. The minimum Gasteiger partial charge on any atom is -0.478 e. The molecule has 1 aliphatic heterocycles. The molecular formula is C30H37N5O3. The largest absolute Gasteiger partial charge is 0.478 e. The van der Waals surface area contributed by atoms with Crippen LogP contribution >= 0.6 is 0 Å². The van der Waals surface area contributed by atoms with Crippen LogP contribution in [0.2, 0.25) is 0 Å². The minimum atomic E-state index is 0.00455. The number of rotatable bonds is 8. The molecule has 8 heteroatoms. The number of methoxy groups -OCH3 is 1. The Balaban J connectivity index is 1.24. The molecule has 2 fully saturated rings. The summed E-state index contributed by atoms with van der Waals surface area (Å²) in [6.45, 7) is 4.20. The Morgan fingerprint density at radius 1 is 1.00 bits per heavy atom. The van der Waals surface area contributed by atoms with E-state index < -0.39 is 0 Å². The second-order valence-electron chi connectivity index (χ2n) is 10.7. The molecule has 0 bridgehead atoms. The fraction of sp³-hybridized carbons (Fsp3) is 0.500. The van der Waals surface area contributed by atoms with Crippen LogP contribution in [0.3, 0.4) is 0 Å². The van der Waals surface area contributed by atoms with E-state index in [0.29, 0.717) is 12.5 Å². The highest BCUT2D eigenvalue weighted by molar-refractivity contribution is 6.04. The van der Waals surface area contributed by atoms with Crippen LogP contribution in [0.25, 0.3) is 33.1 Å². The van der Waals surface area contributed by atoms with Crippen LogP contribution in [-0.4, -0.2) is 63.5 Å². The van der Waals surface area contributed by atoms with Crippen molar-refractivity contribution < 1.29 is 9.47 Å². The maximum Gasteiger partial charge on any atom is 0.329 e. The van der Waals surface area contributed by atoms with E-state index in [0.717, 1.165) is 65.3 Å². The Morgan fingerprint density at radius 3 is 2.61 bits per heavy atom. The van der Waals surface area contributed by atoms with Crippen molar-refractivity contribution in [2.75, 3.05) is 33.4 Å². The van der Waals surface area contributed by atoms with Crippen molar-refractivity contribution in [2.24, 2.45) is 7.05 Å². The molecule has 0 N–H and O–H groups in total. The maximum atomic E-state index is 13.3. The Bertz CT molecular complexity index is 1470. The highest BCUT2D eigenvalue weighted by Gasteiger charge is 2.29. The molecule has 0 spiro atoms. The third kappa shape index (κ3) is 4.83. The number of hydrogen-bond donors (Lipinski definition) is 0. The van der Waals surface area contributed by atoms with Crippen LogP contribution in [0.15, 0.2) is 47.5 Å². The lowest BCUT2D eigenvalue weighted by Gasteiger charge is -2.26. The number of nitrogens with zero attached hydrogens (tertiary/aromatic N) is 5. The number of piperidine rings is 1. The smallest absolute Gasteiger partial charge is 0.329 e. The molecule has 1 aliphatic carbocycles. The molecule has 2 aliphatic rings. The van der Waals surface area contributed by atoms with Gasteiger partial charge in [-0.05, 0) is 75.4 Å². The molecule has 4 aromatic rings. The van der Waals surface area contributed by atoms with Gasteiger partial charge in [-0.3, -0.25) is 14.1 Å². The number of aromatic nitrogens is 4. The first-order valence-electron chi connectivity index (χ1n) is 14.0. The Hall–Kier alpha value is -3.23. The van der Waals surface area contributed by atoms with Gasteiger partial charge in [0.1, 0.15) is 0 Å². The first-order valence-corrected chi connectivity index (χ1v) is 14.0. The van der Waals surface area contributed by atoms with Crippen LogP contribution in [0.1, 0.15) is 51.0 Å². The Morgan fingerprint density at radius 2 is 1.84 bits per heavy atom. The molecule has 1 saturated carbocycles. The van der Waals surface area contributed by atoms with E-state index in [4.69, 9.17) is 9.47 Å². The highest BCUT2D eigenvalue weighted by atomic mass is 16.5. The van der Waals surface area contributed by atoms with E-state index in [1.54, 1.807) is 11.7 Å². The van der Waals surface area contributed by atoms with Gasteiger partial charge in [-0.25, -0.2) is 9.78 Å². The molecule has 0 amide bonds. The Labute approximate surface area is 223 Å². The molecule has 200 valence electrons. The maximum absolute atomic E-state index is 13.3. The minimum absolute atomic E-state index is 0.00455. The molecular weight excluding hydrogens is 478 g/mol. The summed E-state index contributed by atoms with van der Waals surface area (Å²) in [4.78, 5) is 25.1. The second kappa shape index (κ2) is 10.9. The summed E-state index contributed by atoms with van der Waals surface area (Å²) >= 11 is 0. The molecule has 8 nitrogen and oxygen atoms in total. The SMILES string of the molecule is CO[C@H]1CC[C@H](n2c(=O)n(C)c3cnc4ccc(-c5ccc(OCCCN6CCCCC6)nc5)cc4c32)C1. The number of aryl methyl sites for hydroxylation is 1. The van der Waals surface area contributed by atoms with E-state index >= 15 is 0 Å². The third-order valence-corrected chi connectivity index (χ3v) is 8.36. The first kappa shape index (κ1) is 25.1. The zero-order chi connectivity index (χ0) is 26.1. The van der Waals surface area contributed by atoms with Gasteiger partial charge in [-0.2, -0.15) is 0 Å². The van der Waals surface area contributed by atoms with Crippen molar-refractivity contribution in [3.8, 4) is 17.0 Å². The van der Waals surface area contributed by atoms with Gasteiger partial charge in [-0.15, -0.1) is 0 Å². The number of benzene rings is 1. The number of imidazole rings is 1. The zero-order valence-corrected chi connectivity index (χ0v) is 22.4. The van der Waals surface area contributed by atoms with Gasteiger partial charge in [0.05, 0.1) is 35.5 Å². The fourth-order valence-corrected chi connectivity index (χ4v) is 6.20. The lowest BCUT2D eigenvalue weighted by Crippen LogP contribution is -2.31. The van der Waals surface area contributed by atoms with Crippen LogP contribution in [-0.2, 0) is 11.8 Å². The second-order valence-corrected chi connectivity index (χ2v) is 10.7. The van der Waals surface area contributed by atoms with Crippen molar-refractivity contribution in [3.63, 3.8) is 0 Å². The van der Waals surface area contributed by atoms with Gasteiger partial charge < -0.3 is 14.4 Å². The van der Waals surface area contributed by atoms with Gasteiger partial charge in [0.25, 0.3) is 0 Å². The monoisotopic (exact) mass is 515 g/mol. The highest BCUT2D eigenvalue weighted by Crippen LogP contribution is 2.35. The molecule has 3 aromatic heterocycles. The molecule has 0 radical (unpaired) electrons. The van der Waals surface area contributed by atoms with Crippen molar-refractivity contribution in [1.29, 1.82) is 0 Å². The van der Waals surface area contributed by atoms with Crippen LogP contribution < -0.4 is 10.4 Å². The molecule has 1 aromatic carbocycles. The number of fused-ring (bicyclic) bond motifs is 3. The van der Waals surface area contributed by atoms with Crippen molar-refractivity contribution in [1.82, 2.24) is 24.0 Å². The summed E-state index contributed by atoms with van der Waals surface area (Å²) in [6, 6.07) is 10.4. The number of likely N-dealkylation sites (tertiary alicyclic amines) is 1. The number of hydrogen-bond acceptors (Lipinski definition) is 6.